The number of halogens is 1. The molecule has 1 aliphatic rings. The molecule has 0 aromatic heterocycles. The van der Waals surface area contributed by atoms with Gasteiger partial charge in [-0.15, -0.1) is 0 Å². The summed E-state index contributed by atoms with van der Waals surface area (Å²) < 4.78 is 38.7. The third kappa shape index (κ3) is 3.14. The fourth-order valence-corrected chi connectivity index (χ4v) is 3.60. The monoisotopic (exact) mass is 369 g/mol. The fraction of sp³-hybridized carbons (Fsp3) is 0.143. The Balaban J connectivity index is 1.89. The van der Waals surface area contributed by atoms with Crippen LogP contribution in [0, 0.1) is 0 Å². The second kappa shape index (κ2) is 5.57. The molecule has 2 aromatic rings. The highest BCUT2D eigenvalue weighted by Crippen LogP contribution is 2.33. The van der Waals surface area contributed by atoms with Crippen molar-refractivity contribution in [3.8, 4) is 11.5 Å². The molecule has 0 spiro atoms. The largest absolute Gasteiger partial charge is 0.486 e. The Morgan fingerprint density at radius 3 is 2.52 bits per heavy atom. The summed E-state index contributed by atoms with van der Waals surface area (Å²) in [5.41, 5.74) is 0.430. The molecule has 1 heterocycles. The highest BCUT2D eigenvalue weighted by Gasteiger charge is 2.17. The highest BCUT2D eigenvalue weighted by molar-refractivity contribution is 9.10. The Kier molecular flexibility index (Phi) is 3.77. The van der Waals surface area contributed by atoms with Crippen LogP contribution in [0.15, 0.2) is 51.8 Å². The molecule has 0 unspecified atom stereocenters. The number of fused-ring (bicyclic) bond motifs is 1. The van der Waals surface area contributed by atoms with Gasteiger partial charge in [0.15, 0.2) is 11.5 Å². The van der Waals surface area contributed by atoms with Crippen molar-refractivity contribution in [2.45, 2.75) is 4.90 Å². The van der Waals surface area contributed by atoms with Crippen LogP contribution in [0.3, 0.4) is 0 Å². The molecule has 1 aliphatic heterocycles. The van der Waals surface area contributed by atoms with Crippen molar-refractivity contribution in [1.82, 2.24) is 0 Å². The Hall–Kier alpha value is -1.73. The minimum atomic E-state index is -3.64. The first-order valence-electron chi connectivity index (χ1n) is 6.23. The minimum absolute atomic E-state index is 0.187. The number of rotatable bonds is 3. The molecule has 5 nitrogen and oxygen atoms in total. The fourth-order valence-electron chi connectivity index (χ4n) is 1.96. The van der Waals surface area contributed by atoms with Crippen molar-refractivity contribution < 1.29 is 17.9 Å². The molecule has 0 fully saturated rings. The lowest BCUT2D eigenvalue weighted by molar-refractivity contribution is 0.171. The maximum Gasteiger partial charge on any atom is 0.261 e. The van der Waals surface area contributed by atoms with Crippen LogP contribution in [0.4, 0.5) is 5.69 Å². The van der Waals surface area contributed by atoms with Gasteiger partial charge in [0, 0.05) is 10.5 Å². The summed E-state index contributed by atoms with van der Waals surface area (Å²) in [6.45, 7) is 0.949. The summed E-state index contributed by atoms with van der Waals surface area (Å²) in [6, 6.07) is 11.5. The van der Waals surface area contributed by atoms with E-state index in [-0.39, 0.29) is 4.90 Å². The molecule has 0 saturated carbocycles. The average molecular weight is 370 g/mol. The van der Waals surface area contributed by atoms with Gasteiger partial charge in [-0.2, -0.15) is 0 Å². The zero-order valence-corrected chi connectivity index (χ0v) is 13.3. The number of benzene rings is 2. The van der Waals surface area contributed by atoms with E-state index in [4.69, 9.17) is 9.47 Å². The van der Waals surface area contributed by atoms with Gasteiger partial charge in [-0.25, -0.2) is 8.42 Å². The van der Waals surface area contributed by atoms with Crippen molar-refractivity contribution in [2.24, 2.45) is 0 Å². The van der Waals surface area contributed by atoms with Crippen molar-refractivity contribution in [3.63, 3.8) is 0 Å². The van der Waals surface area contributed by atoms with E-state index in [1.165, 1.54) is 6.07 Å². The second-order valence-electron chi connectivity index (χ2n) is 4.42. The normalized spacial score (nSPS) is 13.8. The summed E-state index contributed by atoms with van der Waals surface area (Å²) in [5, 5.41) is 0. The van der Waals surface area contributed by atoms with E-state index in [1.807, 2.05) is 0 Å². The first kappa shape index (κ1) is 14.2. The summed E-state index contributed by atoms with van der Waals surface area (Å²) in [4.78, 5) is 0.187. The molecule has 0 saturated heterocycles. The van der Waals surface area contributed by atoms with E-state index in [1.54, 1.807) is 36.4 Å². The van der Waals surface area contributed by atoms with Gasteiger partial charge in [-0.3, -0.25) is 4.72 Å². The van der Waals surface area contributed by atoms with Crippen molar-refractivity contribution in [1.29, 1.82) is 0 Å². The van der Waals surface area contributed by atoms with E-state index in [2.05, 4.69) is 20.7 Å². The number of anilines is 1. The lowest BCUT2D eigenvalue weighted by Gasteiger charge is -2.19. The van der Waals surface area contributed by atoms with Crippen LogP contribution in [0.1, 0.15) is 0 Å². The lowest BCUT2D eigenvalue weighted by atomic mass is 10.3. The van der Waals surface area contributed by atoms with Crippen LogP contribution < -0.4 is 14.2 Å². The molecule has 0 radical (unpaired) electrons. The Morgan fingerprint density at radius 2 is 1.76 bits per heavy atom. The number of ether oxygens (including phenoxy) is 2. The SMILES string of the molecule is O=S(=O)(Nc1ccc2c(c1)OCCO2)c1cccc(Br)c1. The highest BCUT2D eigenvalue weighted by atomic mass is 79.9. The molecule has 2 aromatic carbocycles. The summed E-state index contributed by atoms with van der Waals surface area (Å²) in [5.74, 6) is 1.15. The van der Waals surface area contributed by atoms with E-state index in [0.717, 1.165) is 0 Å². The Labute approximate surface area is 131 Å². The first-order valence-corrected chi connectivity index (χ1v) is 8.50. The van der Waals surface area contributed by atoms with Crippen LogP contribution >= 0.6 is 15.9 Å². The third-order valence-corrected chi connectivity index (χ3v) is 4.77. The zero-order chi connectivity index (χ0) is 14.9. The van der Waals surface area contributed by atoms with Crippen molar-refractivity contribution in [3.05, 3.63) is 46.9 Å². The standard InChI is InChI=1S/C14H12BrNO4S/c15-10-2-1-3-12(8-10)21(17,18)16-11-4-5-13-14(9-11)20-7-6-19-13/h1-5,8-9,16H,6-7H2. The molecule has 0 amide bonds. The van der Waals surface area contributed by atoms with Crippen LogP contribution in [-0.2, 0) is 10.0 Å². The van der Waals surface area contributed by atoms with E-state index >= 15 is 0 Å². The first-order chi connectivity index (χ1) is 10.0. The average Bonchev–Trinajstić information content (AvgIpc) is 2.47. The van der Waals surface area contributed by atoms with Gasteiger partial charge >= 0.3 is 0 Å². The summed E-state index contributed by atoms with van der Waals surface area (Å²) >= 11 is 3.26. The van der Waals surface area contributed by atoms with Gasteiger partial charge < -0.3 is 9.47 Å². The zero-order valence-electron chi connectivity index (χ0n) is 10.9. The summed E-state index contributed by atoms with van der Waals surface area (Å²) in [7, 11) is -3.64. The molecule has 1 N–H and O–H groups in total. The molecule has 21 heavy (non-hydrogen) atoms. The number of hydrogen-bond acceptors (Lipinski definition) is 4. The lowest BCUT2D eigenvalue weighted by Crippen LogP contribution is -2.16. The van der Waals surface area contributed by atoms with E-state index in [9.17, 15) is 8.42 Å². The Morgan fingerprint density at radius 1 is 1.00 bits per heavy atom. The van der Waals surface area contributed by atoms with Crippen LogP contribution in [0.25, 0.3) is 0 Å². The molecule has 3 rings (SSSR count). The van der Waals surface area contributed by atoms with E-state index in [0.29, 0.717) is 34.9 Å². The molecule has 7 heteroatoms. The maximum atomic E-state index is 12.3. The third-order valence-electron chi connectivity index (χ3n) is 2.90. The van der Waals surface area contributed by atoms with Gasteiger partial charge in [0.1, 0.15) is 13.2 Å². The molecule has 110 valence electrons. The molecule has 0 atom stereocenters. The van der Waals surface area contributed by atoms with Crippen LogP contribution in [-0.4, -0.2) is 21.6 Å². The topological polar surface area (TPSA) is 64.6 Å². The van der Waals surface area contributed by atoms with Crippen LogP contribution in [0.2, 0.25) is 0 Å². The summed E-state index contributed by atoms with van der Waals surface area (Å²) in [6.07, 6.45) is 0. The van der Waals surface area contributed by atoms with Crippen molar-refractivity contribution >= 4 is 31.6 Å². The van der Waals surface area contributed by atoms with Gasteiger partial charge in [0.2, 0.25) is 0 Å². The predicted octanol–water partition coefficient (Wildman–Crippen LogP) is 3.02. The number of sulfonamides is 1. The quantitative estimate of drug-likeness (QED) is 0.902. The molecule has 0 bridgehead atoms. The minimum Gasteiger partial charge on any atom is -0.486 e. The van der Waals surface area contributed by atoms with Gasteiger partial charge in [0.25, 0.3) is 10.0 Å². The molecule has 0 aliphatic carbocycles. The van der Waals surface area contributed by atoms with E-state index < -0.39 is 10.0 Å². The van der Waals surface area contributed by atoms with Crippen molar-refractivity contribution in [2.75, 3.05) is 17.9 Å². The van der Waals surface area contributed by atoms with Gasteiger partial charge in [-0.1, -0.05) is 22.0 Å². The van der Waals surface area contributed by atoms with Crippen LogP contribution in [0.5, 0.6) is 11.5 Å². The smallest absolute Gasteiger partial charge is 0.261 e. The molecular formula is C14H12BrNO4S. The van der Waals surface area contributed by atoms with Gasteiger partial charge in [-0.05, 0) is 30.3 Å². The second-order valence-corrected chi connectivity index (χ2v) is 7.02. The Bertz CT molecular complexity index is 776. The maximum absolute atomic E-state index is 12.3. The van der Waals surface area contributed by atoms with Gasteiger partial charge in [0.05, 0.1) is 10.6 Å². The number of hydrogen-bond donors (Lipinski definition) is 1. The predicted molar refractivity (Wildman–Crippen MR) is 82.4 cm³/mol. The number of nitrogens with one attached hydrogen (secondary N) is 1. The molecular weight excluding hydrogens is 358 g/mol.